The fourth-order valence-electron chi connectivity index (χ4n) is 2.68. The average molecular weight is 329 g/mol. The molecule has 3 nitrogen and oxygen atoms in total. The Morgan fingerprint density at radius 2 is 1.76 bits per heavy atom. The number of carbonyl (C=O) groups excluding carboxylic acids is 1. The van der Waals surface area contributed by atoms with E-state index >= 15 is 0 Å². The first-order valence-corrected chi connectivity index (χ1v) is 8.39. The molecule has 0 radical (unpaired) electrons. The highest BCUT2D eigenvalue weighted by Crippen LogP contribution is 2.22. The third-order valence-corrected chi connectivity index (χ3v) is 4.62. The van der Waals surface area contributed by atoms with Crippen LogP contribution in [0.2, 0.25) is 10.0 Å². The molecule has 0 heterocycles. The monoisotopic (exact) mass is 328 g/mol. The smallest absolute Gasteiger partial charge is 0.251 e. The molecule has 2 N–H and O–H groups in total. The third-order valence-electron chi connectivity index (χ3n) is 3.88. The number of benzene rings is 1. The van der Waals surface area contributed by atoms with Gasteiger partial charge in [0.15, 0.2) is 0 Å². The van der Waals surface area contributed by atoms with Gasteiger partial charge in [0.2, 0.25) is 0 Å². The molecule has 0 bridgehead atoms. The lowest BCUT2D eigenvalue weighted by Gasteiger charge is -2.16. The summed E-state index contributed by atoms with van der Waals surface area (Å²) in [6.45, 7) is 1.42. The molecule has 1 aromatic rings. The SMILES string of the molecule is O=C(NCCNC1CCCCCC1)c1ccc(Cl)c(Cl)c1. The minimum atomic E-state index is -0.115. The van der Waals surface area contributed by atoms with E-state index in [0.29, 0.717) is 28.2 Å². The maximum Gasteiger partial charge on any atom is 0.251 e. The lowest BCUT2D eigenvalue weighted by atomic mass is 10.1. The summed E-state index contributed by atoms with van der Waals surface area (Å²) in [6, 6.07) is 5.53. The Morgan fingerprint density at radius 1 is 1.05 bits per heavy atom. The first-order valence-electron chi connectivity index (χ1n) is 7.63. The van der Waals surface area contributed by atoms with E-state index in [2.05, 4.69) is 10.6 Å². The normalized spacial score (nSPS) is 16.5. The van der Waals surface area contributed by atoms with Crippen molar-refractivity contribution >= 4 is 29.1 Å². The minimum Gasteiger partial charge on any atom is -0.351 e. The van der Waals surface area contributed by atoms with Gasteiger partial charge < -0.3 is 10.6 Å². The number of amides is 1. The van der Waals surface area contributed by atoms with E-state index in [0.717, 1.165) is 6.54 Å². The lowest BCUT2D eigenvalue weighted by molar-refractivity contribution is 0.0953. The van der Waals surface area contributed by atoms with Crippen molar-refractivity contribution in [2.45, 2.75) is 44.6 Å². The van der Waals surface area contributed by atoms with Crippen LogP contribution in [0.15, 0.2) is 18.2 Å². The maximum absolute atomic E-state index is 12.0. The van der Waals surface area contributed by atoms with Gasteiger partial charge in [0.25, 0.3) is 5.91 Å². The van der Waals surface area contributed by atoms with Gasteiger partial charge in [-0.2, -0.15) is 0 Å². The van der Waals surface area contributed by atoms with Gasteiger partial charge >= 0.3 is 0 Å². The van der Waals surface area contributed by atoms with Crippen molar-refractivity contribution < 1.29 is 4.79 Å². The molecule has 0 unspecified atom stereocenters. The number of carbonyl (C=O) groups is 1. The van der Waals surface area contributed by atoms with Crippen molar-refractivity contribution in [1.82, 2.24) is 10.6 Å². The molecule has 1 fully saturated rings. The summed E-state index contributed by atoms with van der Waals surface area (Å²) < 4.78 is 0. The molecular formula is C16H22Cl2N2O. The van der Waals surface area contributed by atoms with E-state index in [-0.39, 0.29) is 5.91 Å². The Kier molecular flexibility index (Phi) is 6.81. The molecule has 5 heteroatoms. The lowest BCUT2D eigenvalue weighted by Crippen LogP contribution is -2.36. The summed E-state index contributed by atoms with van der Waals surface area (Å²) in [5.41, 5.74) is 0.541. The number of hydrogen-bond donors (Lipinski definition) is 2. The Bertz CT molecular complexity index is 471. The zero-order valence-electron chi connectivity index (χ0n) is 12.1. The molecule has 0 aromatic heterocycles. The van der Waals surface area contributed by atoms with Crippen LogP contribution < -0.4 is 10.6 Å². The molecule has 0 spiro atoms. The molecule has 1 saturated carbocycles. The van der Waals surface area contributed by atoms with Gasteiger partial charge in [0.05, 0.1) is 10.0 Å². The zero-order valence-corrected chi connectivity index (χ0v) is 13.6. The number of hydrogen-bond acceptors (Lipinski definition) is 2. The first-order chi connectivity index (χ1) is 10.2. The van der Waals surface area contributed by atoms with Crippen molar-refractivity contribution in [1.29, 1.82) is 0 Å². The third kappa shape index (κ3) is 5.50. The summed E-state index contributed by atoms with van der Waals surface area (Å²) in [6.07, 6.45) is 7.83. The summed E-state index contributed by atoms with van der Waals surface area (Å²) in [7, 11) is 0. The van der Waals surface area contributed by atoms with E-state index in [1.54, 1.807) is 18.2 Å². The fraction of sp³-hybridized carbons (Fsp3) is 0.562. The average Bonchev–Trinajstić information content (AvgIpc) is 2.75. The predicted molar refractivity (Wildman–Crippen MR) is 88.3 cm³/mol. The molecule has 1 aromatic carbocycles. The van der Waals surface area contributed by atoms with Crippen LogP contribution in [0.5, 0.6) is 0 Å². The van der Waals surface area contributed by atoms with Crippen LogP contribution >= 0.6 is 23.2 Å². The second-order valence-electron chi connectivity index (χ2n) is 5.53. The molecule has 1 aliphatic rings. The van der Waals surface area contributed by atoms with Crippen molar-refractivity contribution in [3.63, 3.8) is 0 Å². The van der Waals surface area contributed by atoms with Crippen LogP contribution in [0.4, 0.5) is 0 Å². The summed E-state index contributed by atoms with van der Waals surface area (Å²) in [4.78, 5) is 12.0. The highest BCUT2D eigenvalue weighted by atomic mass is 35.5. The van der Waals surface area contributed by atoms with E-state index < -0.39 is 0 Å². The van der Waals surface area contributed by atoms with E-state index in [1.807, 2.05) is 0 Å². The molecule has 0 saturated heterocycles. The topological polar surface area (TPSA) is 41.1 Å². The highest BCUT2D eigenvalue weighted by Gasteiger charge is 2.11. The van der Waals surface area contributed by atoms with Crippen molar-refractivity contribution in [2.75, 3.05) is 13.1 Å². The fourth-order valence-corrected chi connectivity index (χ4v) is 2.97. The van der Waals surface area contributed by atoms with Crippen LogP contribution in [0, 0.1) is 0 Å². The number of nitrogens with one attached hydrogen (secondary N) is 2. The standard InChI is InChI=1S/C16H22Cl2N2O/c17-14-8-7-12(11-15(14)18)16(21)20-10-9-19-13-5-3-1-2-4-6-13/h7-8,11,13,19H,1-6,9-10H2,(H,20,21). The van der Waals surface area contributed by atoms with E-state index in [1.165, 1.54) is 38.5 Å². The minimum absolute atomic E-state index is 0.115. The van der Waals surface area contributed by atoms with Crippen LogP contribution in [0.1, 0.15) is 48.9 Å². The Labute approximate surface area is 136 Å². The highest BCUT2D eigenvalue weighted by molar-refractivity contribution is 6.42. The Balaban J connectivity index is 1.70. The molecule has 1 amide bonds. The maximum atomic E-state index is 12.0. The summed E-state index contributed by atoms with van der Waals surface area (Å²) >= 11 is 11.7. The summed E-state index contributed by atoms with van der Waals surface area (Å²) in [5, 5.41) is 7.29. The summed E-state index contributed by atoms with van der Waals surface area (Å²) in [5.74, 6) is -0.115. The molecule has 0 aliphatic heterocycles. The largest absolute Gasteiger partial charge is 0.351 e. The molecule has 116 valence electrons. The van der Waals surface area contributed by atoms with Gasteiger partial charge in [0, 0.05) is 24.7 Å². The van der Waals surface area contributed by atoms with E-state index in [4.69, 9.17) is 23.2 Å². The van der Waals surface area contributed by atoms with Crippen LogP contribution in [-0.4, -0.2) is 25.0 Å². The molecule has 1 aliphatic carbocycles. The van der Waals surface area contributed by atoms with Gasteiger partial charge in [0.1, 0.15) is 0 Å². The van der Waals surface area contributed by atoms with Crippen LogP contribution in [0.3, 0.4) is 0 Å². The molecule has 0 atom stereocenters. The van der Waals surface area contributed by atoms with Gasteiger partial charge in [-0.05, 0) is 31.0 Å². The molecule has 2 rings (SSSR count). The number of rotatable bonds is 5. The quantitative estimate of drug-likeness (QED) is 0.632. The van der Waals surface area contributed by atoms with Gasteiger partial charge in [-0.3, -0.25) is 4.79 Å². The van der Waals surface area contributed by atoms with Crippen molar-refractivity contribution in [3.8, 4) is 0 Å². The predicted octanol–water partition coefficient (Wildman–Crippen LogP) is 4.04. The van der Waals surface area contributed by atoms with Crippen molar-refractivity contribution in [2.24, 2.45) is 0 Å². The zero-order chi connectivity index (χ0) is 15.1. The van der Waals surface area contributed by atoms with Gasteiger partial charge in [-0.15, -0.1) is 0 Å². The molecule has 21 heavy (non-hydrogen) atoms. The second kappa shape index (κ2) is 8.62. The Hall–Kier alpha value is -0.770. The van der Waals surface area contributed by atoms with Gasteiger partial charge in [-0.1, -0.05) is 48.9 Å². The van der Waals surface area contributed by atoms with Gasteiger partial charge in [-0.25, -0.2) is 0 Å². The van der Waals surface area contributed by atoms with Crippen LogP contribution in [-0.2, 0) is 0 Å². The number of halogens is 2. The second-order valence-corrected chi connectivity index (χ2v) is 6.34. The Morgan fingerprint density at radius 3 is 2.43 bits per heavy atom. The van der Waals surface area contributed by atoms with Crippen LogP contribution in [0.25, 0.3) is 0 Å². The van der Waals surface area contributed by atoms with E-state index in [9.17, 15) is 4.79 Å². The first kappa shape index (κ1) is 16.6. The molecular weight excluding hydrogens is 307 g/mol. The van der Waals surface area contributed by atoms with Crippen molar-refractivity contribution in [3.05, 3.63) is 33.8 Å².